The highest BCUT2D eigenvalue weighted by molar-refractivity contribution is 9.10. The highest BCUT2D eigenvalue weighted by atomic mass is 79.9. The SMILES string of the molecule is Clc1ccc2c(c1)CCc1cc(Br)cnc1[C@@H]2N1CCC(C2CCNCC2)CC1. The third-order valence-corrected chi connectivity index (χ3v) is 7.95. The molecule has 2 fully saturated rings. The van der Waals surface area contributed by atoms with Crippen molar-refractivity contribution in [3.05, 3.63) is 62.3 Å². The van der Waals surface area contributed by atoms with Gasteiger partial charge >= 0.3 is 0 Å². The lowest BCUT2D eigenvalue weighted by Crippen LogP contribution is -2.41. The lowest BCUT2D eigenvalue weighted by atomic mass is 9.78. The van der Waals surface area contributed by atoms with Crippen LogP contribution in [0.1, 0.15) is 54.1 Å². The van der Waals surface area contributed by atoms with Crippen LogP contribution in [-0.4, -0.2) is 36.1 Å². The Morgan fingerprint density at radius 2 is 1.69 bits per heavy atom. The molecule has 1 aromatic carbocycles. The third-order valence-electron chi connectivity index (χ3n) is 7.28. The summed E-state index contributed by atoms with van der Waals surface area (Å²) in [6.45, 7) is 4.73. The van der Waals surface area contributed by atoms with Crippen molar-refractivity contribution >= 4 is 27.5 Å². The van der Waals surface area contributed by atoms with E-state index in [-0.39, 0.29) is 6.04 Å². The van der Waals surface area contributed by atoms with E-state index in [2.05, 4.69) is 50.4 Å². The largest absolute Gasteiger partial charge is 0.317 e. The van der Waals surface area contributed by atoms with Gasteiger partial charge in [0.1, 0.15) is 0 Å². The molecule has 3 aliphatic rings. The molecule has 0 spiro atoms. The van der Waals surface area contributed by atoms with Crippen LogP contribution in [0.2, 0.25) is 5.02 Å². The quantitative estimate of drug-likeness (QED) is 0.632. The van der Waals surface area contributed by atoms with Crippen molar-refractivity contribution < 1.29 is 0 Å². The van der Waals surface area contributed by atoms with Gasteiger partial charge in [0.2, 0.25) is 0 Å². The molecule has 0 radical (unpaired) electrons. The molecule has 1 atom stereocenters. The van der Waals surface area contributed by atoms with Gasteiger partial charge in [-0.15, -0.1) is 0 Å². The summed E-state index contributed by atoms with van der Waals surface area (Å²) >= 11 is 9.99. The summed E-state index contributed by atoms with van der Waals surface area (Å²) < 4.78 is 1.07. The van der Waals surface area contributed by atoms with Gasteiger partial charge in [-0.05, 0) is 127 Å². The summed E-state index contributed by atoms with van der Waals surface area (Å²) in [5.74, 6) is 1.81. The van der Waals surface area contributed by atoms with Crippen molar-refractivity contribution in [3.8, 4) is 0 Å². The predicted molar refractivity (Wildman–Crippen MR) is 123 cm³/mol. The Kier molecular flexibility index (Phi) is 5.97. The van der Waals surface area contributed by atoms with Crippen LogP contribution in [0.4, 0.5) is 0 Å². The van der Waals surface area contributed by atoms with Gasteiger partial charge in [-0.2, -0.15) is 0 Å². The van der Waals surface area contributed by atoms with Gasteiger partial charge in [-0.3, -0.25) is 9.88 Å². The molecule has 29 heavy (non-hydrogen) atoms. The number of halogens is 2. The summed E-state index contributed by atoms with van der Waals surface area (Å²) in [6.07, 6.45) is 9.36. The first-order chi connectivity index (χ1) is 14.2. The molecule has 0 bridgehead atoms. The van der Waals surface area contributed by atoms with Crippen molar-refractivity contribution in [2.75, 3.05) is 26.2 Å². The zero-order chi connectivity index (χ0) is 19.8. The van der Waals surface area contributed by atoms with E-state index in [1.54, 1.807) is 0 Å². The molecule has 1 aliphatic carbocycles. The molecule has 1 aromatic heterocycles. The van der Waals surface area contributed by atoms with Crippen LogP contribution >= 0.6 is 27.5 Å². The molecule has 0 amide bonds. The smallest absolute Gasteiger partial charge is 0.0781 e. The van der Waals surface area contributed by atoms with E-state index >= 15 is 0 Å². The number of fused-ring (bicyclic) bond motifs is 2. The summed E-state index contributed by atoms with van der Waals surface area (Å²) in [6, 6.07) is 9.00. The molecule has 154 valence electrons. The number of benzene rings is 1. The van der Waals surface area contributed by atoms with Gasteiger partial charge in [0.05, 0.1) is 11.7 Å². The molecule has 1 N–H and O–H groups in total. The molecule has 5 heteroatoms. The monoisotopic (exact) mass is 473 g/mol. The van der Waals surface area contributed by atoms with Gasteiger partial charge in [-0.25, -0.2) is 0 Å². The van der Waals surface area contributed by atoms with Gasteiger partial charge in [0.15, 0.2) is 0 Å². The first kappa shape index (κ1) is 20.0. The Bertz CT molecular complexity index is 819. The molecule has 0 unspecified atom stereocenters. The minimum absolute atomic E-state index is 0.252. The van der Waals surface area contributed by atoms with E-state index in [1.807, 2.05) is 6.20 Å². The standard InChI is InChI=1S/C24H29BrClN3/c25-20-13-19-2-1-18-14-21(26)3-4-22(18)24(23(19)28-15-20)29-11-7-17(8-12-29)16-5-9-27-10-6-16/h3-4,13-17,24,27H,1-2,5-12H2/t24-/m1/s1. The Morgan fingerprint density at radius 1 is 0.966 bits per heavy atom. The molecule has 3 nitrogen and oxygen atoms in total. The van der Waals surface area contributed by atoms with Gasteiger partial charge in [0, 0.05) is 15.7 Å². The fourth-order valence-electron chi connectivity index (χ4n) is 5.75. The van der Waals surface area contributed by atoms with E-state index in [4.69, 9.17) is 16.6 Å². The van der Waals surface area contributed by atoms with E-state index in [1.165, 1.54) is 74.2 Å². The van der Waals surface area contributed by atoms with E-state index < -0.39 is 0 Å². The van der Waals surface area contributed by atoms with Gasteiger partial charge in [-0.1, -0.05) is 17.7 Å². The van der Waals surface area contributed by atoms with Crippen molar-refractivity contribution in [2.45, 2.75) is 44.6 Å². The maximum absolute atomic E-state index is 6.36. The maximum Gasteiger partial charge on any atom is 0.0781 e. The van der Waals surface area contributed by atoms with Crippen LogP contribution in [0.15, 0.2) is 34.9 Å². The zero-order valence-corrected chi connectivity index (χ0v) is 19.2. The summed E-state index contributed by atoms with van der Waals surface area (Å²) in [5, 5.41) is 4.36. The molecule has 2 saturated heterocycles. The topological polar surface area (TPSA) is 28.2 Å². The Morgan fingerprint density at radius 3 is 2.48 bits per heavy atom. The Labute approximate surface area is 187 Å². The fourth-order valence-corrected chi connectivity index (χ4v) is 6.32. The van der Waals surface area contributed by atoms with E-state index in [9.17, 15) is 0 Å². The summed E-state index contributed by atoms with van der Waals surface area (Å²) in [4.78, 5) is 7.63. The molecule has 5 rings (SSSR count). The number of aryl methyl sites for hydroxylation is 2. The van der Waals surface area contributed by atoms with E-state index in [0.29, 0.717) is 0 Å². The molecule has 3 heterocycles. The van der Waals surface area contributed by atoms with Gasteiger partial charge in [0.25, 0.3) is 0 Å². The van der Waals surface area contributed by atoms with Crippen molar-refractivity contribution in [2.24, 2.45) is 11.8 Å². The molecule has 2 aliphatic heterocycles. The van der Waals surface area contributed by atoms with Crippen LogP contribution in [-0.2, 0) is 12.8 Å². The van der Waals surface area contributed by atoms with Gasteiger partial charge < -0.3 is 5.32 Å². The average molecular weight is 475 g/mol. The maximum atomic E-state index is 6.36. The lowest BCUT2D eigenvalue weighted by molar-refractivity contribution is 0.108. The Hall–Kier alpha value is -0.940. The number of pyridine rings is 1. The summed E-state index contributed by atoms with van der Waals surface area (Å²) in [7, 11) is 0. The number of nitrogens with one attached hydrogen (secondary N) is 1. The van der Waals surface area contributed by atoms with Crippen LogP contribution in [0.3, 0.4) is 0 Å². The average Bonchev–Trinajstić information content (AvgIpc) is 2.91. The minimum Gasteiger partial charge on any atom is -0.317 e. The lowest BCUT2D eigenvalue weighted by Gasteiger charge is -2.41. The third kappa shape index (κ3) is 4.14. The van der Waals surface area contributed by atoms with Crippen LogP contribution in [0, 0.1) is 11.8 Å². The number of hydrogen-bond acceptors (Lipinski definition) is 3. The fraction of sp³-hybridized carbons (Fsp3) is 0.542. The zero-order valence-electron chi connectivity index (χ0n) is 16.8. The highest BCUT2D eigenvalue weighted by Gasteiger charge is 2.34. The first-order valence-electron chi connectivity index (χ1n) is 11.1. The summed E-state index contributed by atoms with van der Waals surface area (Å²) in [5.41, 5.74) is 5.41. The normalized spacial score (nSPS) is 24.0. The number of rotatable bonds is 2. The predicted octanol–water partition coefficient (Wildman–Crippen LogP) is 5.40. The minimum atomic E-state index is 0.252. The van der Waals surface area contributed by atoms with E-state index in [0.717, 1.165) is 34.2 Å². The first-order valence-corrected chi connectivity index (χ1v) is 12.2. The molecular formula is C24H29BrClN3. The van der Waals surface area contributed by atoms with Crippen molar-refractivity contribution in [3.63, 3.8) is 0 Å². The van der Waals surface area contributed by atoms with Crippen LogP contribution < -0.4 is 5.32 Å². The number of aromatic nitrogens is 1. The highest BCUT2D eigenvalue weighted by Crippen LogP contribution is 2.40. The second-order valence-electron chi connectivity index (χ2n) is 8.90. The molecule has 2 aromatic rings. The van der Waals surface area contributed by atoms with Crippen molar-refractivity contribution in [1.29, 1.82) is 0 Å². The van der Waals surface area contributed by atoms with Crippen LogP contribution in [0.5, 0.6) is 0 Å². The Balaban J connectivity index is 1.44. The second kappa shape index (κ2) is 8.66. The van der Waals surface area contributed by atoms with Crippen molar-refractivity contribution in [1.82, 2.24) is 15.2 Å². The number of hydrogen-bond donors (Lipinski definition) is 1. The number of nitrogens with zero attached hydrogens (tertiary/aromatic N) is 2. The second-order valence-corrected chi connectivity index (χ2v) is 10.3. The molecule has 0 saturated carbocycles. The number of likely N-dealkylation sites (tertiary alicyclic amines) is 1. The van der Waals surface area contributed by atoms with Crippen LogP contribution in [0.25, 0.3) is 0 Å². The molecular weight excluding hydrogens is 446 g/mol. The number of piperidine rings is 2.